The van der Waals surface area contributed by atoms with Crippen molar-refractivity contribution in [1.29, 1.82) is 0 Å². The van der Waals surface area contributed by atoms with Crippen molar-refractivity contribution in [3.05, 3.63) is 53.1 Å². The molecule has 1 N–H and O–H groups in total. The molecule has 0 bridgehead atoms. The number of carbonyl (C=O) groups excluding carboxylic acids is 1. The lowest BCUT2D eigenvalue weighted by Gasteiger charge is -2.28. The Labute approximate surface area is 182 Å². The van der Waals surface area contributed by atoms with Gasteiger partial charge in [0.1, 0.15) is 4.90 Å². The summed E-state index contributed by atoms with van der Waals surface area (Å²) < 4.78 is 32.3. The quantitative estimate of drug-likeness (QED) is 0.697. The van der Waals surface area contributed by atoms with Crippen molar-refractivity contribution in [2.75, 3.05) is 49.6 Å². The standard InChI is InChI=1S/C21H26ClN3O4S/c1-3-25(4-2)30(27,28)20-15-17(7-10-19(20)22)23-21(26)16-5-8-18(9-6-16)24-11-13-29-14-12-24/h5-10,15H,3-4,11-14H2,1-2H3,(H,23,26). The molecule has 1 aliphatic heterocycles. The van der Waals surface area contributed by atoms with Gasteiger partial charge in [-0.2, -0.15) is 4.31 Å². The van der Waals surface area contributed by atoms with Crippen LogP contribution in [0.1, 0.15) is 24.2 Å². The molecular formula is C21H26ClN3O4S. The number of hydrogen-bond acceptors (Lipinski definition) is 5. The summed E-state index contributed by atoms with van der Waals surface area (Å²) >= 11 is 6.15. The normalized spacial score (nSPS) is 14.7. The first kappa shape index (κ1) is 22.6. The summed E-state index contributed by atoms with van der Waals surface area (Å²) in [6.45, 7) is 7.22. The van der Waals surface area contributed by atoms with Crippen LogP contribution in [0.3, 0.4) is 0 Å². The Kier molecular flexibility index (Phi) is 7.36. The Morgan fingerprint density at radius 1 is 1.10 bits per heavy atom. The van der Waals surface area contributed by atoms with E-state index in [4.69, 9.17) is 16.3 Å². The maximum Gasteiger partial charge on any atom is 0.255 e. The number of rotatable bonds is 7. The molecule has 0 aromatic heterocycles. The Balaban J connectivity index is 1.77. The minimum absolute atomic E-state index is 0.0201. The molecule has 9 heteroatoms. The molecular weight excluding hydrogens is 426 g/mol. The second kappa shape index (κ2) is 9.78. The molecule has 3 rings (SSSR count). The van der Waals surface area contributed by atoms with Crippen molar-refractivity contribution < 1.29 is 17.9 Å². The van der Waals surface area contributed by atoms with Gasteiger partial charge in [0.25, 0.3) is 5.91 Å². The number of halogens is 1. The monoisotopic (exact) mass is 451 g/mol. The van der Waals surface area contributed by atoms with Crippen LogP contribution in [0.4, 0.5) is 11.4 Å². The van der Waals surface area contributed by atoms with Crippen molar-refractivity contribution in [2.45, 2.75) is 18.7 Å². The molecule has 1 amide bonds. The molecule has 1 saturated heterocycles. The number of nitrogens with zero attached hydrogens (tertiary/aromatic N) is 2. The van der Waals surface area contributed by atoms with Crippen LogP contribution in [0.15, 0.2) is 47.4 Å². The zero-order valence-electron chi connectivity index (χ0n) is 17.1. The smallest absolute Gasteiger partial charge is 0.255 e. The highest BCUT2D eigenvalue weighted by Crippen LogP contribution is 2.28. The Bertz CT molecular complexity index is 986. The molecule has 7 nitrogen and oxygen atoms in total. The summed E-state index contributed by atoms with van der Waals surface area (Å²) in [6, 6.07) is 11.8. The Morgan fingerprint density at radius 2 is 1.73 bits per heavy atom. The molecule has 0 spiro atoms. The van der Waals surface area contributed by atoms with Gasteiger partial charge in [-0.3, -0.25) is 4.79 Å². The largest absolute Gasteiger partial charge is 0.378 e. The van der Waals surface area contributed by atoms with Crippen molar-refractivity contribution in [3.8, 4) is 0 Å². The first-order chi connectivity index (χ1) is 14.4. The number of morpholine rings is 1. The van der Waals surface area contributed by atoms with Crippen LogP contribution < -0.4 is 10.2 Å². The van der Waals surface area contributed by atoms with Crippen LogP contribution in [-0.4, -0.2) is 58.0 Å². The fourth-order valence-corrected chi connectivity index (χ4v) is 5.29. The number of ether oxygens (including phenoxy) is 1. The summed E-state index contributed by atoms with van der Waals surface area (Å²) in [5.74, 6) is -0.322. The Morgan fingerprint density at radius 3 is 2.33 bits per heavy atom. The van der Waals surface area contributed by atoms with Crippen LogP contribution in [0.5, 0.6) is 0 Å². The van der Waals surface area contributed by atoms with Gasteiger partial charge in [0.15, 0.2) is 0 Å². The molecule has 0 radical (unpaired) electrons. The Hall–Kier alpha value is -2.13. The highest BCUT2D eigenvalue weighted by molar-refractivity contribution is 7.89. The molecule has 1 fully saturated rings. The van der Waals surface area contributed by atoms with Gasteiger partial charge in [0, 0.05) is 43.1 Å². The zero-order chi connectivity index (χ0) is 21.7. The van der Waals surface area contributed by atoms with Gasteiger partial charge in [-0.15, -0.1) is 0 Å². The average Bonchev–Trinajstić information content (AvgIpc) is 2.76. The van der Waals surface area contributed by atoms with E-state index in [0.717, 1.165) is 18.8 Å². The number of nitrogens with one attached hydrogen (secondary N) is 1. The fraction of sp³-hybridized carbons (Fsp3) is 0.381. The summed E-state index contributed by atoms with van der Waals surface area (Å²) in [4.78, 5) is 14.8. The molecule has 0 saturated carbocycles. The van der Waals surface area contributed by atoms with Crippen LogP contribution in [0.25, 0.3) is 0 Å². The SMILES string of the molecule is CCN(CC)S(=O)(=O)c1cc(NC(=O)c2ccc(N3CCOCC3)cc2)ccc1Cl. The molecule has 1 aliphatic rings. The molecule has 30 heavy (non-hydrogen) atoms. The van der Waals surface area contributed by atoms with Gasteiger partial charge in [0.2, 0.25) is 10.0 Å². The van der Waals surface area contributed by atoms with Crippen LogP contribution >= 0.6 is 11.6 Å². The van der Waals surface area contributed by atoms with Crippen molar-refractivity contribution in [1.82, 2.24) is 4.31 Å². The van der Waals surface area contributed by atoms with Crippen LogP contribution in [0, 0.1) is 0 Å². The van der Waals surface area contributed by atoms with E-state index in [2.05, 4.69) is 10.2 Å². The van der Waals surface area contributed by atoms with Gasteiger partial charge < -0.3 is 15.0 Å². The lowest BCUT2D eigenvalue weighted by molar-refractivity contribution is 0.102. The second-order valence-electron chi connectivity index (χ2n) is 6.83. The van der Waals surface area contributed by atoms with Crippen molar-refractivity contribution in [3.63, 3.8) is 0 Å². The van der Waals surface area contributed by atoms with E-state index in [1.165, 1.54) is 16.4 Å². The van der Waals surface area contributed by atoms with Gasteiger partial charge in [-0.05, 0) is 42.5 Å². The number of benzene rings is 2. The molecule has 1 heterocycles. The van der Waals surface area contributed by atoms with Gasteiger partial charge >= 0.3 is 0 Å². The molecule has 0 atom stereocenters. The van der Waals surface area contributed by atoms with Gasteiger partial charge in [-0.25, -0.2) is 8.42 Å². The number of anilines is 2. The maximum absolute atomic E-state index is 12.8. The zero-order valence-corrected chi connectivity index (χ0v) is 18.7. The number of carbonyl (C=O) groups is 1. The second-order valence-corrected chi connectivity index (χ2v) is 9.15. The molecule has 2 aromatic rings. The van der Waals surface area contributed by atoms with Crippen molar-refractivity contribution in [2.24, 2.45) is 0 Å². The van der Waals surface area contributed by atoms with Crippen molar-refractivity contribution >= 4 is 38.9 Å². The number of sulfonamides is 1. The summed E-state index contributed by atoms with van der Waals surface area (Å²) in [5.41, 5.74) is 1.89. The maximum atomic E-state index is 12.8. The summed E-state index contributed by atoms with van der Waals surface area (Å²) in [7, 11) is -3.74. The van der Waals surface area contributed by atoms with E-state index in [1.54, 1.807) is 32.0 Å². The van der Waals surface area contributed by atoms with E-state index in [-0.39, 0.29) is 15.8 Å². The highest BCUT2D eigenvalue weighted by Gasteiger charge is 2.25. The van der Waals surface area contributed by atoms with Gasteiger partial charge in [-0.1, -0.05) is 25.4 Å². The lowest BCUT2D eigenvalue weighted by Crippen LogP contribution is -2.36. The predicted molar refractivity (Wildman–Crippen MR) is 119 cm³/mol. The highest BCUT2D eigenvalue weighted by atomic mass is 35.5. The topological polar surface area (TPSA) is 79.0 Å². The number of amides is 1. The van der Waals surface area contributed by atoms with Crippen LogP contribution in [-0.2, 0) is 14.8 Å². The summed E-state index contributed by atoms with van der Waals surface area (Å²) in [6.07, 6.45) is 0. The molecule has 2 aromatic carbocycles. The number of hydrogen-bond donors (Lipinski definition) is 1. The third kappa shape index (κ3) is 4.95. The van der Waals surface area contributed by atoms with E-state index >= 15 is 0 Å². The van der Waals surface area contributed by atoms with Gasteiger partial charge in [0.05, 0.1) is 18.2 Å². The van der Waals surface area contributed by atoms with E-state index in [1.807, 2.05) is 12.1 Å². The molecule has 162 valence electrons. The minimum Gasteiger partial charge on any atom is -0.378 e. The van der Waals surface area contributed by atoms with Crippen LogP contribution in [0.2, 0.25) is 5.02 Å². The molecule has 0 unspecified atom stereocenters. The summed E-state index contributed by atoms with van der Waals surface area (Å²) in [5, 5.41) is 2.88. The third-order valence-corrected chi connectivity index (χ3v) is 7.55. The fourth-order valence-electron chi connectivity index (χ4n) is 3.33. The predicted octanol–water partition coefficient (Wildman–Crippen LogP) is 3.46. The minimum atomic E-state index is -3.74. The first-order valence-electron chi connectivity index (χ1n) is 9.90. The van der Waals surface area contributed by atoms with E-state index in [9.17, 15) is 13.2 Å². The third-order valence-electron chi connectivity index (χ3n) is 5.02. The average molecular weight is 452 g/mol. The van der Waals surface area contributed by atoms with E-state index in [0.29, 0.717) is 37.6 Å². The lowest BCUT2D eigenvalue weighted by atomic mass is 10.1. The van der Waals surface area contributed by atoms with E-state index < -0.39 is 10.0 Å². The molecule has 0 aliphatic carbocycles. The first-order valence-corrected chi connectivity index (χ1v) is 11.7.